The van der Waals surface area contributed by atoms with E-state index in [0.717, 1.165) is 36.1 Å². The number of nitrogens with one attached hydrogen (secondary N) is 2. The standard InChI is InChI=1S/C17H26N2O/c1-11(2)13-7-5-8-14(12(3)4)16(13)17(20)19-15-9-6-10-18-15/h5,7-8,11-12,15,18H,6,9-10H2,1-4H3,(H,19,20). The molecule has 1 heterocycles. The number of carbonyl (C=O) groups excluding carboxylic acids is 1. The SMILES string of the molecule is CC(C)c1cccc(C(C)C)c1C(=O)NC1CCCN1. The van der Waals surface area contributed by atoms with Gasteiger partial charge in [0.2, 0.25) is 0 Å². The van der Waals surface area contributed by atoms with Crippen LogP contribution < -0.4 is 10.6 Å². The molecule has 110 valence electrons. The Balaban J connectivity index is 2.33. The van der Waals surface area contributed by atoms with Gasteiger partial charge in [-0.3, -0.25) is 10.1 Å². The Hall–Kier alpha value is -1.35. The highest BCUT2D eigenvalue weighted by atomic mass is 16.1. The molecule has 1 aliphatic rings. The highest BCUT2D eigenvalue weighted by Crippen LogP contribution is 2.27. The van der Waals surface area contributed by atoms with Gasteiger partial charge < -0.3 is 5.32 Å². The Morgan fingerprint density at radius 1 is 1.20 bits per heavy atom. The molecule has 0 saturated carbocycles. The van der Waals surface area contributed by atoms with Crippen molar-refractivity contribution in [3.63, 3.8) is 0 Å². The van der Waals surface area contributed by atoms with Crippen molar-refractivity contribution in [2.45, 2.75) is 58.5 Å². The summed E-state index contributed by atoms with van der Waals surface area (Å²) in [6, 6.07) is 6.22. The lowest BCUT2D eigenvalue weighted by Gasteiger charge is -2.21. The summed E-state index contributed by atoms with van der Waals surface area (Å²) in [7, 11) is 0. The second kappa shape index (κ2) is 6.40. The van der Waals surface area contributed by atoms with Gasteiger partial charge in [0.05, 0.1) is 6.17 Å². The van der Waals surface area contributed by atoms with Crippen molar-refractivity contribution in [2.75, 3.05) is 6.54 Å². The number of carbonyl (C=O) groups is 1. The van der Waals surface area contributed by atoms with Crippen LogP contribution in [0.5, 0.6) is 0 Å². The van der Waals surface area contributed by atoms with E-state index in [-0.39, 0.29) is 12.1 Å². The van der Waals surface area contributed by atoms with Crippen LogP contribution in [0, 0.1) is 0 Å². The molecule has 1 fully saturated rings. The van der Waals surface area contributed by atoms with Crippen LogP contribution in [0.15, 0.2) is 18.2 Å². The molecular weight excluding hydrogens is 248 g/mol. The second-order valence-corrected chi connectivity index (χ2v) is 6.24. The van der Waals surface area contributed by atoms with E-state index in [9.17, 15) is 4.79 Å². The zero-order chi connectivity index (χ0) is 14.7. The predicted molar refractivity (Wildman–Crippen MR) is 83.1 cm³/mol. The fraction of sp³-hybridized carbons (Fsp3) is 0.588. The highest BCUT2D eigenvalue weighted by molar-refractivity contribution is 5.97. The largest absolute Gasteiger partial charge is 0.337 e. The molecule has 2 rings (SSSR count). The maximum atomic E-state index is 12.7. The smallest absolute Gasteiger partial charge is 0.253 e. The van der Waals surface area contributed by atoms with Gasteiger partial charge in [-0.15, -0.1) is 0 Å². The van der Waals surface area contributed by atoms with E-state index < -0.39 is 0 Å². The molecule has 0 aromatic heterocycles. The van der Waals surface area contributed by atoms with Gasteiger partial charge in [0.15, 0.2) is 0 Å². The average Bonchev–Trinajstić information content (AvgIpc) is 2.90. The van der Waals surface area contributed by atoms with E-state index in [1.54, 1.807) is 0 Å². The molecule has 1 aromatic carbocycles. The van der Waals surface area contributed by atoms with Gasteiger partial charge in [-0.05, 0) is 42.3 Å². The molecule has 1 atom stereocenters. The first-order chi connectivity index (χ1) is 9.50. The fourth-order valence-electron chi connectivity index (χ4n) is 2.85. The molecule has 2 N–H and O–H groups in total. The zero-order valence-corrected chi connectivity index (χ0v) is 13.0. The first-order valence-electron chi connectivity index (χ1n) is 7.67. The Kier molecular flexibility index (Phi) is 4.81. The monoisotopic (exact) mass is 274 g/mol. The summed E-state index contributed by atoms with van der Waals surface area (Å²) >= 11 is 0. The molecule has 0 bridgehead atoms. The third kappa shape index (κ3) is 3.21. The van der Waals surface area contributed by atoms with Crippen molar-refractivity contribution in [3.05, 3.63) is 34.9 Å². The van der Waals surface area contributed by atoms with E-state index in [1.807, 2.05) is 0 Å². The number of hydrogen-bond donors (Lipinski definition) is 2. The summed E-state index contributed by atoms with van der Waals surface area (Å²) in [6.07, 6.45) is 2.28. The first-order valence-corrected chi connectivity index (χ1v) is 7.67. The lowest BCUT2D eigenvalue weighted by Crippen LogP contribution is -2.42. The third-order valence-electron chi connectivity index (χ3n) is 3.97. The second-order valence-electron chi connectivity index (χ2n) is 6.24. The molecule has 1 aliphatic heterocycles. The summed E-state index contributed by atoms with van der Waals surface area (Å²) in [6.45, 7) is 9.57. The lowest BCUT2D eigenvalue weighted by molar-refractivity contribution is 0.0931. The minimum absolute atomic E-state index is 0.0670. The molecule has 0 radical (unpaired) electrons. The van der Waals surface area contributed by atoms with E-state index in [0.29, 0.717) is 11.8 Å². The summed E-state index contributed by atoms with van der Waals surface area (Å²) < 4.78 is 0. The first kappa shape index (κ1) is 15.0. The summed E-state index contributed by atoms with van der Waals surface area (Å²) in [5.74, 6) is 0.773. The van der Waals surface area contributed by atoms with E-state index >= 15 is 0 Å². The van der Waals surface area contributed by atoms with Crippen LogP contribution in [-0.4, -0.2) is 18.6 Å². The fourth-order valence-corrected chi connectivity index (χ4v) is 2.85. The van der Waals surface area contributed by atoms with E-state index in [2.05, 4.69) is 56.5 Å². The molecule has 3 nitrogen and oxygen atoms in total. The Labute approximate surface area is 122 Å². The Morgan fingerprint density at radius 2 is 1.80 bits per heavy atom. The topological polar surface area (TPSA) is 41.1 Å². The summed E-state index contributed by atoms with van der Waals surface area (Å²) in [5, 5.41) is 6.46. The van der Waals surface area contributed by atoms with Gasteiger partial charge in [-0.2, -0.15) is 0 Å². The Morgan fingerprint density at radius 3 is 2.25 bits per heavy atom. The molecule has 3 heteroatoms. The molecule has 1 saturated heterocycles. The minimum atomic E-state index is 0.0670. The zero-order valence-electron chi connectivity index (χ0n) is 13.0. The quantitative estimate of drug-likeness (QED) is 0.884. The number of rotatable bonds is 4. The van der Waals surface area contributed by atoms with E-state index in [1.165, 1.54) is 0 Å². The van der Waals surface area contributed by atoms with Gasteiger partial charge in [0, 0.05) is 5.56 Å². The van der Waals surface area contributed by atoms with Crippen molar-refractivity contribution in [1.82, 2.24) is 10.6 Å². The molecule has 0 spiro atoms. The summed E-state index contributed by atoms with van der Waals surface area (Å²) in [5.41, 5.74) is 3.17. The van der Waals surface area contributed by atoms with E-state index in [4.69, 9.17) is 0 Å². The molecule has 1 unspecified atom stereocenters. The normalized spacial score (nSPS) is 18.8. The maximum absolute atomic E-state index is 12.7. The van der Waals surface area contributed by atoms with Crippen LogP contribution >= 0.6 is 0 Å². The predicted octanol–water partition coefficient (Wildman–Crippen LogP) is 3.37. The van der Waals surface area contributed by atoms with Crippen LogP contribution in [0.3, 0.4) is 0 Å². The van der Waals surface area contributed by atoms with Crippen LogP contribution in [0.25, 0.3) is 0 Å². The molecular formula is C17H26N2O. The molecule has 1 aromatic rings. The van der Waals surface area contributed by atoms with Crippen LogP contribution in [0.2, 0.25) is 0 Å². The molecule has 0 aliphatic carbocycles. The maximum Gasteiger partial charge on any atom is 0.253 e. The van der Waals surface area contributed by atoms with Crippen LogP contribution in [0.1, 0.15) is 73.9 Å². The van der Waals surface area contributed by atoms with Gasteiger partial charge in [-0.1, -0.05) is 45.9 Å². The van der Waals surface area contributed by atoms with Crippen molar-refractivity contribution in [2.24, 2.45) is 0 Å². The number of hydrogen-bond acceptors (Lipinski definition) is 2. The van der Waals surface area contributed by atoms with Gasteiger partial charge in [0.1, 0.15) is 0 Å². The average molecular weight is 274 g/mol. The number of benzene rings is 1. The number of amides is 1. The van der Waals surface area contributed by atoms with Gasteiger partial charge in [0.25, 0.3) is 5.91 Å². The van der Waals surface area contributed by atoms with Crippen molar-refractivity contribution in [3.8, 4) is 0 Å². The molecule has 1 amide bonds. The summed E-state index contributed by atoms with van der Waals surface area (Å²) in [4.78, 5) is 12.7. The van der Waals surface area contributed by atoms with Crippen molar-refractivity contribution < 1.29 is 4.79 Å². The van der Waals surface area contributed by atoms with Gasteiger partial charge in [-0.25, -0.2) is 0 Å². The Bertz CT molecular complexity index is 448. The van der Waals surface area contributed by atoms with Gasteiger partial charge >= 0.3 is 0 Å². The van der Waals surface area contributed by atoms with Crippen LogP contribution in [0.4, 0.5) is 0 Å². The third-order valence-corrected chi connectivity index (χ3v) is 3.97. The minimum Gasteiger partial charge on any atom is -0.337 e. The molecule has 20 heavy (non-hydrogen) atoms. The van der Waals surface area contributed by atoms with Crippen molar-refractivity contribution >= 4 is 5.91 Å². The van der Waals surface area contributed by atoms with Crippen LogP contribution in [-0.2, 0) is 0 Å². The lowest BCUT2D eigenvalue weighted by atomic mass is 9.88. The highest BCUT2D eigenvalue weighted by Gasteiger charge is 2.23. The van der Waals surface area contributed by atoms with Crippen molar-refractivity contribution in [1.29, 1.82) is 0 Å².